The van der Waals surface area contributed by atoms with E-state index in [0.29, 0.717) is 0 Å². The Morgan fingerprint density at radius 3 is 1.10 bits per heavy atom. The molecule has 0 aliphatic carbocycles. The van der Waals surface area contributed by atoms with E-state index in [4.69, 9.17) is 10.2 Å². The van der Waals surface area contributed by atoms with Gasteiger partial charge in [-0.2, -0.15) is 0 Å². The molecule has 0 unspecified atom stereocenters. The minimum absolute atomic E-state index is 0. The van der Waals surface area contributed by atoms with Crippen LogP contribution in [0.3, 0.4) is 0 Å². The average molecular weight is 200 g/mol. The van der Waals surface area contributed by atoms with Crippen molar-refractivity contribution in [2.45, 2.75) is 0 Å². The molecule has 10 heavy (non-hydrogen) atoms. The second-order valence-corrected chi connectivity index (χ2v) is 1.70. The van der Waals surface area contributed by atoms with Crippen molar-refractivity contribution in [2.75, 3.05) is 28.4 Å². The summed E-state index contributed by atoms with van der Waals surface area (Å²) >= 11 is -0.185. The molecule has 4 nitrogen and oxygen atoms in total. The van der Waals surface area contributed by atoms with E-state index in [9.17, 15) is 0 Å². The maximum atomic E-state index is 5.75. The van der Waals surface area contributed by atoms with Gasteiger partial charge in [0.1, 0.15) is 30.1 Å². The Bertz CT molecular complexity index is 24.7. The molecule has 61 valence electrons. The van der Waals surface area contributed by atoms with E-state index in [1.807, 2.05) is 0 Å². The Balaban J connectivity index is -0.0000000315. The van der Waals surface area contributed by atoms with Crippen LogP contribution in [0, 0.1) is 0 Å². The molecule has 0 spiro atoms. The molecule has 0 aromatic rings. The normalized spacial score (nSPS) is 5.40. The van der Waals surface area contributed by atoms with Gasteiger partial charge in [-0.15, -0.1) is 0 Å². The van der Waals surface area contributed by atoms with Gasteiger partial charge in [0.25, 0.3) is 0 Å². The van der Waals surface area contributed by atoms with Crippen molar-refractivity contribution >= 4 is 15.9 Å². The first-order chi connectivity index (χ1) is 4.41. The molecular weight excluding hydrogens is 184 g/mol. The van der Waals surface area contributed by atoms with E-state index in [1.54, 1.807) is 14.2 Å². The van der Waals surface area contributed by atoms with E-state index in [-0.39, 0.29) is 41.7 Å². The van der Waals surface area contributed by atoms with Crippen LogP contribution in [-0.2, 0) is 33.4 Å². The largest absolute Gasteiger partial charge is 0.681 e. The Kier molecular flexibility index (Phi) is 109. The van der Waals surface area contributed by atoms with Crippen LogP contribution in [0.15, 0.2) is 0 Å². The summed E-state index contributed by atoms with van der Waals surface area (Å²) in [6.07, 6.45) is 0. The van der Waals surface area contributed by atoms with Gasteiger partial charge in [-0.25, -0.2) is 0 Å². The first-order valence-electron chi connectivity index (χ1n) is 2.29. The van der Waals surface area contributed by atoms with Crippen LogP contribution in [0.25, 0.3) is 0 Å². The van der Waals surface area contributed by atoms with Crippen molar-refractivity contribution in [2.24, 2.45) is 0 Å². The minimum atomic E-state index is -0.185. The zero-order valence-electron chi connectivity index (χ0n) is 6.97. The molecular formula is C4H16AlO4Sc+. The summed E-state index contributed by atoms with van der Waals surface area (Å²) in [6, 6.07) is 0. The summed E-state index contributed by atoms with van der Waals surface area (Å²) in [5.74, 6) is 0. The molecule has 3 radical (unpaired) electrons. The summed E-state index contributed by atoms with van der Waals surface area (Å²) < 4.78 is 9.10. The van der Waals surface area contributed by atoms with Crippen molar-refractivity contribution in [1.82, 2.24) is 0 Å². The number of hydrogen-bond acceptors (Lipinski definition) is 2. The van der Waals surface area contributed by atoms with Gasteiger partial charge in [0, 0.05) is 25.8 Å². The van der Waals surface area contributed by atoms with Crippen molar-refractivity contribution in [3.05, 3.63) is 0 Å². The molecule has 0 aliphatic rings. The molecule has 0 aromatic heterocycles. The van der Waals surface area contributed by atoms with Gasteiger partial charge in [-0.1, -0.05) is 0 Å². The second kappa shape index (κ2) is 48.6. The van der Waals surface area contributed by atoms with Gasteiger partial charge in [0.15, 0.2) is 0 Å². The maximum Gasteiger partial charge on any atom is 0.135 e. The third kappa shape index (κ3) is 59.7. The van der Waals surface area contributed by atoms with Crippen LogP contribution in [0.2, 0.25) is 0 Å². The van der Waals surface area contributed by atoms with Crippen molar-refractivity contribution in [3.63, 3.8) is 0 Å². The van der Waals surface area contributed by atoms with Crippen LogP contribution >= 0.6 is 0 Å². The number of rotatable bonds is 2. The van der Waals surface area contributed by atoms with Crippen molar-refractivity contribution < 1.29 is 43.6 Å². The molecule has 0 aliphatic heterocycles. The molecule has 0 saturated carbocycles. The summed E-state index contributed by atoms with van der Waals surface area (Å²) in [5.41, 5.74) is 0. The predicted molar refractivity (Wildman–Crippen MR) is 38.8 cm³/mol. The van der Waals surface area contributed by atoms with Gasteiger partial charge in [0.05, 0.1) is 0 Å². The van der Waals surface area contributed by atoms with E-state index in [2.05, 4.69) is 7.58 Å². The molecule has 0 amide bonds. The second-order valence-electron chi connectivity index (χ2n) is 0.568. The first-order valence-corrected chi connectivity index (χ1v) is 3.23. The molecule has 0 fully saturated rings. The van der Waals surface area contributed by atoms with Crippen LogP contribution < -0.4 is 0 Å². The molecule has 0 atom stereocenters. The topological polar surface area (TPSA) is 64.3 Å². The zero-order valence-corrected chi connectivity index (χ0v) is 9.93. The fourth-order valence-corrected chi connectivity index (χ4v) is 0.289. The quantitative estimate of drug-likeness (QED) is 0.402. The molecule has 0 saturated heterocycles. The summed E-state index contributed by atoms with van der Waals surface area (Å²) in [7, 11) is 5.75. The van der Waals surface area contributed by atoms with Crippen LogP contribution in [0.1, 0.15) is 0 Å². The Hall–Kier alpha value is 1.24. The summed E-state index contributed by atoms with van der Waals surface area (Å²) in [6.45, 7) is 0. The third-order valence-corrected chi connectivity index (χ3v) is 0.577. The molecule has 0 rings (SSSR count). The van der Waals surface area contributed by atoms with Gasteiger partial charge >= 0.3 is 0 Å². The van der Waals surface area contributed by atoms with Gasteiger partial charge in [-0.05, 0) is 14.2 Å². The molecule has 0 bridgehead atoms. The molecule has 0 heterocycles. The van der Waals surface area contributed by atoms with Gasteiger partial charge in [0.2, 0.25) is 0 Å². The molecule has 4 N–H and O–H groups in total. The van der Waals surface area contributed by atoms with Crippen LogP contribution in [-0.4, -0.2) is 54.5 Å². The van der Waals surface area contributed by atoms with E-state index in [0.717, 1.165) is 0 Å². The maximum absolute atomic E-state index is 5.75. The fraction of sp³-hybridized carbons (Fsp3) is 1.00. The third-order valence-electron chi connectivity index (χ3n) is 0.192. The average Bonchev–Trinajstić information content (AvgIpc) is 1.98. The monoisotopic (exact) mass is 200 g/mol. The minimum Gasteiger partial charge on any atom is -0.681 e. The van der Waals surface area contributed by atoms with E-state index >= 15 is 0 Å². The Labute approximate surface area is 87.7 Å². The number of hydrogen-bond donors (Lipinski definition) is 0. The Morgan fingerprint density at radius 1 is 0.900 bits per heavy atom. The zero-order chi connectivity index (χ0) is 8.12. The van der Waals surface area contributed by atoms with Crippen LogP contribution in [0.5, 0.6) is 0 Å². The van der Waals surface area contributed by atoms with Crippen LogP contribution in [0.4, 0.5) is 0 Å². The smallest absolute Gasteiger partial charge is 0.135 e. The summed E-state index contributed by atoms with van der Waals surface area (Å²) in [4.78, 5) is 0. The fourth-order valence-electron chi connectivity index (χ4n) is 0.0962. The van der Waals surface area contributed by atoms with Gasteiger partial charge < -0.3 is 17.8 Å². The van der Waals surface area contributed by atoms with Crippen molar-refractivity contribution in [3.8, 4) is 0 Å². The first kappa shape index (κ1) is 22.5. The SMILES string of the molecule is C[OH2+].C[OH2+].C[O][Al-][O]C.[Sc]. The van der Waals surface area contributed by atoms with E-state index in [1.165, 1.54) is 14.2 Å². The summed E-state index contributed by atoms with van der Waals surface area (Å²) in [5, 5.41) is 11.5. The molecule has 0 aromatic carbocycles. The Morgan fingerprint density at radius 2 is 1.10 bits per heavy atom. The standard InChI is InChI=1S/2CH4O.2CH3O.Al.Sc/c4*1-2;;/h2*2H,1H3;2*1H3;;/q;;2*-1;+1;/p+2. The van der Waals surface area contributed by atoms with Gasteiger partial charge in [-0.3, -0.25) is 0 Å². The van der Waals surface area contributed by atoms with Crippen molar-refractivity contribution in [1.29, 1.82) is 0 Å². The van der Waals surface area contributed by atoms with E-state index < -0.39 is 0 Å². The molecule has 6 heteroatoms. The predicted octanol–water partition coefficient (Wildman–Crippen LogP) is -1.51.